The van der Waals surface area contributed by atoms with Crippen molar-refractivity contribution in [2.45, 2.75) is 32.1 Å². The number of nitrogens with one attached hydrogen (secondary N) is 1. The fourth-order valence-electron chi connectivity index (χ4n) is 0.787. The van der Waals surface area contributed by atoms with Crippen LogP contribution in [0.5, 0.6) is 0 Å². The summed E-state index contributed by atoms with van der Waals surface area (Å²) in [5.74, 6) is -1.50. The van der Waals surface area contributed by atoms with Gasteiger partial charge in [0.2, 0.25) is 5.91 Å². The van der Waals surface area contributed by atoms with E-state index < -0.39 is 17.3 Å². The molecule has 0 fully saturated rings. The average molecular weight is 205 g/mol. The first-order valence-corrected chi connectivity index (χ1v) is 4.59. The molecule has 0 aromatic rings. The summed E-state index contributed by atoms with van der Waals surface area (Å²) in [5.41, 5.74) is 0. The van der Waals surface area contributed by atoms with E-state index in [0.717, 1.165) is 0 Å². The number of aliphatic carboxylic acids is 1. The van der Waals surface area contributed by atoms with E-state index in [9.17, 15) is 9.59 Å². The maximum Gasteiger partial charge on any atom is 0.326 e. The quantitative estimate of drug-likeness (QED) is 0.586. The van der Waals surface area contributed by atoms with Crippen LogP contribution in [-0.2, 0) is 9.59 Å². The molecule has 13 heavy (non-hydrogen) atoms. The van der Waals surface area contributed by atoms with Crippen LogP contribution < -0.4 is 5.32 Å². The number of hydrogen-bond acceptors (Lipinski definition) is 3. The minimum absolute atomic E-state index is 0.131. The predicted octanol–water partition coefficient (Wildman–Crippen LogP) is 0.530. The Balaban J connectivity index is 4.27. The molecule has 5 heteroatoms. The third kappa shape index (κ3) is 4.17. The van der Waals surface area contributed by atoms with Crippen LogP contribution in [0.25, 0.3) is 0 Å². The fourth-order valence-corrected chi connectivity index (χ4v) is 0.862. The van der Waals surface area contributed by atoms with E-state index in [1.807, 2.05) is 0 Å². The van der Waals surface area contributed by atoms with E-state index in [0.29, 0.717) is 0 Å². The molecule has 2 atom stereocenters. The Morgan fingerprint density at radius 2 is 1.77 bits per heavy atom. The van der Waals surface area contributed by atoms with E-state index in [1.54, 1.807) is 20.8 Å². The Morgan fingerprint density at radius 1 is 1.31 bits per heavy atom. The van der Waals surface area contributed by atoms with Crippen molar-refractivity contribution in [1.82, 2.24) is 5.32 Å². The highest BCUT2D eigenvalue weighted by Gasteiger charge is 2.24. The first kappa shape index (κ1) is 12.3. The van der Waals surface area contributed by atoms with Crippen molar-refractivity contribution in [3.63, 3.8) is 0 Å². The van der Waals surface area contributed by atoms with Gasteiger partial charge < -0.3 is 10.4 Å². The second-order valence-electron chi connectivity index (χ2n) is 3.24. The van der Waals surface area contributed by atoms with Crippen molar-refractivity contribution in [2.24, 2.45) is 5.92 Å². The third-order valence-corrected chi connectivity index (χ3v) is 1.84. The minimum Gasteiger partial charge on any atom is -0.480 e. The molecule has 0 saturated heterocycles. The molecule has 0 unspecified atom stereocenters. The molecule has 4 nitrogen and oxygen atoms in total. The SMILES string of the molecule is CC(C)[C@H](NC(=O)[C@H](C)S)C(=O)O. The maximum atomic E-state index is 11.1. The topological polar surface area (TPSA) is 66.4 Å². The zero-order valence-corrected chi connectivity index (χ0v) is 8.84. The van der Waals surface area contributed by atoms with E-state index in [2.05, 4.69) is 17.9 Å². The van der Waals surface area contributed by atoms with Gasteiger partial charge in [-0.1, -0.05) is 13.8 Å². The number of hydrogen-bond donors (Lipinski definition) is 3. The summed E-state index contributed by atoms with van der Waals surface area (Å²) in [4.78, 5) is 21.8. The Kier molecular flexibility index (Phi) is 4.83. The van der Waals surface area contributed by atoms with Gasteiger partial charge in [-0.2, -0.15) is 12.6 Å². The molecule has 0 aliphatic heterocycles. The molecule has 0 spiro atoms. The standard InChI is InChI=1S/C8H15NO3S/c1-4(2)6(8(11)12)9-7(10)5(3)13/h4-6,13H,1-3H3,(H,9,10)(H,11,12)/t5-,6-/m0/s1. The third-order valence-electron chi connectivity index (χ3n) is 1.61. The maximum absolute atomic E-state index is 11.1. The van der Waals surface area contributed by atoms with Crippen LogP contribution in [0.4, 0.5) is 0 Å². The normalized spacial score (nSPS) is 15.2. The van der Waals surface area contributed by atoms with Gasteiger partial charge in [0.25, 0.3) is 0 Å². The van der Waals surface area contributed by atoms with Gasteiger partial charge >= 0.3 is 5.97 Å². The molecule has 0 aliphatic rings. The number of rotatable bonds is 4. The lowest BCUT2D eigenvalue weighted by Gasteiger charge is -2.18. The van der Waals surface area contributed by atoms with Crippen molar-refractivity contribution in [1.29, 1.82) is 0 Å². The zero-order chi connectivity index (χ0) is 10.6. The van der Waals surface area contributed by atoms with Crippen molar-refractivity contribution in [3.8, 4) is 0 Å². The highest BCUT2D eigenvalue weighted by Crippen LogP contribution is 2.03. The molecule has 0 bridgehead atoms. The summed E-state index contributed by atoms with van der Waals surface area (Å²) in [6.07, 6.45) is 0. The van der Waals surface area contributed by atoms with Crippen LogP contribution in [-0.4, -0.2) is 28.3 Å². The molecule has 0 aromatic carbocycles. The van der Waals surface area contributed by atoms with Gasteiger partial charge in [0.1, 0.15) is 6.04 Å². The van der Waals surface area contributed by atoms with Crippen LogP contribution in [0, 0.1) is 5.92 Å². The summed E-state index contributed by atoms with van der Waals surface area (Å²) in [6, 6.07) is -0.831. The van der Waals surface area contributed by atoms with Gasteiger partial charge in [0.05, 0.1) is 5.25 Å². The molecule has 0 radical (unpaired) electrons. The Bertz CT molecular complexity index is 204. The number of carbonyl (C=O) groups excluding carboxylic acids is 1. The van der Waals surface area contributed by atoms with Gasteiger partial charge in [-0.3, -0.25) is 4.79 Å². The summed E-state index contributed by atoms with van der Waals surface area (Å²) in [5, 5.41) is 10.6. The van der Waals surface area contributed by atoms with Crippen LogP contribution in [0.15, 0.2) is 0 Å². The molecular formula is C8H15NO3S. The molecule has 76 valence electrons. The molecule has 2 N–H and O–H groups in total. The molecular weight excluding hydrogens is 190 g/mol. The van der Waals surface area contributed by atoms with E-state index >= 15 is 0 Å². The van der Waals surface area contributed by atoms with Gasteiger partial charge in [-0.25, -0.2) is 4.79 Å². The Morgan fingerprint density at radius 3 is 2.00 bits per heavy atom. The van der Waals surface area contributed by atoms with Crippen molar-refractivity contribution < 1.29 is 14.7 Å². The number of amides is 1. The number of carboxylic acids is 1. The van der Waals surface area contributed by atoms with Gasteiger partial charge in [0, 0.05) is 0 Å². The van der Waals surface area contributed by atoms with Crippen LogP contribution in [0.3, 0.4) is 0 Å². The Labute approximate surface area is 83.1 Å². The zero-order valence-electron chi connectivity index (χ0n) is 7.94. The lowest BCUT2D eigenvalue weighted by atomic mass is 10.0. The van der Waals surface area contributed by atoms with E-state index in [1.165, 1.54) is 0 Å². The van der Waals surface area contributed by atoms with Crippen LogP contribution in [0.2, 0.25) is 0 Å². The summed E-state index contributed by atoms with van der Waals surface area (Å²) in [6.45, 7) is 5.07. The van der Waals surface area contributed by atoms with E-state index in [-0.39, 0.29) is 11.8 Å². The van der Waals surface area contributed by atoms with Crippen molar-refractivity contribution >= 4 is 24.5 Å². The summed E-state index contributed by atoms with van der Waals surface area (Å²) < 4.78 is 0. The average Bonchev–Trinajstić information content (AvgIpc) is 1.97. The minimum atomic E-state index is -1.02. The van der Waals surface area contributed by atoms with Crippen molar-refractivity contribution in [2.75, 3.05) is 0 Å². The first-order chi connectivity index (χ1) is 5.86. The van der Waals surface area contributed by atoms with Crippen LogP contribution in [0.1, 0.15) is 20.8 Å². The number of thiol groups is 1. The number of carbonyl (C=O) groups is 2. The Hall–Kier alpha value is -0.710. The molecule has 0 saturated carbocycles. The number of carboxylic acid groups (broad SMARTS) is 1. The van der Waals surface area contributed by atoms with Crippen LogP contribution >= 0.6 is 12.6 Å². The first-order valence-electron chi connectivity index (χ1n) is 4.07. The highest BCUT2D eigenvalue weighted by atomic mass is 32.1. The monoisotopic (exact) mass is 205 g/mol. The van der Waals surface area contributed by atoms with Gasteiger partial charge in [-0.05, 0) is 12.8 Å². The second kappa shape index (κ2) is 5.11. The lowest BCUT2D eigenvalue weighted by molar-refractivity contribution is -0.142. The molecule has 0 aliphatic carbocycles. The molecule has 0 rings (SSSR count). The molecule has 0 heterocycles. The van der Waals surface area contributed by atoms with Gasteiger partial charge in [-0.15, -0.1) is 0 Å². The highest BCUT2D eigenvalue weighted by molar-refractivity contribution is 7.81. The smallest absolute Gasteiger partial charge is 0.326 e. The largest absolute Gasteiger partial charge is 0.480 e. The second-order valence-corrected chi connectivity index (χ2v) is 4.02. The lowest BCUT2D eigenvalue weighted by Crippen LogP contribution is -2.46. The summed E-state index contributed by atoms with van der Waals surface area (Å²) >= 11 is 3.90. The predicted molar refractivity (Wildman–Crippen MR) is 52.9 cm³/mol. The van der Waals surface area contributed by atoms with Crippen molar-refractivity contribution in [3.05, 3.63) is 0 Å². The fraction of sp³-hybridized carbons (Fsp3) is 0.750. The summed E-state index contributed by atoms with van der Waals surface area (Å²) in [7, 11) is 0. The van der Waals surface area contributed by atoms with E-state index in [4.69, 9.17) is 5.11 Å². The molecule has 1 amide bonds. The van der Waals surface area contributed by atoms with Gasteiger partial charge in [0.15, 0.2) is 0 Å². The molecule has 0 aromatic heterocycles.